The van der Waals surface area contributed by atoms with Gasteiger partial charge >= 0.3 is 0 Å². The third-order valence-corrected chi connectivity index (χ3v) is 5.65. The van der Waals surface area contributed by atoms with Crippen LogP contribution in [0.2, 0.25) is 5.02 Å². The molecule has 4 rings (SSSR count). The fraction of sp³-hybridized carbons (Fsp3) is 0.526. The Morgan fingerprint density at radius 1 is 1.16 bits per heavy atom. The molecule has 1 aromatic heterocycles. The third kappa shape index (κ3) is 3.75. The normalized spacial score (nSPS) is 23.8. The number of aromatic nitrogens is 2. The first-order chi connectivity index (χ1) is 12.2. The zero-order valence-corrected chi connectivity index (χ0v) is 15.4. The summed E-state index contributed by atoms with van der Waals surface area (Å²) in [6, 6.07) is 8.69. The number of nitrogens with one attached hydrogen (secondary N) is 1. The van der Waals surface area contributed by atoms with Gasteiger partial charge in [-0.1, -0.05) is 23.7 Å². The van der Waals surface area contributed by atoms with Gasteiger partial charge in [-0.2, -0.15) is 0 Å². The molecule has 0 aliphatic carbocycles. The number of hydrogen-bond donors (Lipinski definition) is 1. The Kier molecular flexibility index (Phi) is 5.08. The molecule has 1 N–H and O–H groups in total. The number of piperidine rings is 1. The van der Waals surface area contributed by atoms with Crippen LogP contribution >= 0.6 is 11.6 Å². The van der Waals surface area contributed by atoms with Crippen LogP contribution in [0.25, 0.3) is 11.3 Å². The molecular weight excluding hydrogens is 336 g/mol. The summed E-state index contributed by atoms with van der Waals surface area (Å²) in [4.78, 5) is 13.2. The van der Waals surface area contributed by atoms with Crippen LogP contribution in [0.5, 0.6) is 0 Å². The number of ether oxygens (including phenoxy) is 1. The average Bonchev–Trinajstić information content (AvgIpc) is 3.13. The molecule has 1 unspecified atom stereocenters. The minimum absolute atomic E-state index is 0.211. The Balaban J connectivity index is 1.53. The van der Waals surface area contributed by atoms with E-state index in [0.29, 0.717) is 12.6 Å². The van der Waals surface area contributed by atoms with Gasteiger partial charge in [0.1, 0.15) is 5.82 Å². The van der Waals surface area contributed by atoms with E-state index < -0.39 is 0 Å². The van der Waals surface area contributed by atoms with Crippen LogP contribution < -0.4 is 0 Å². The first-order valence-electron chi connectivity index (χ1n) is 9.03. The highest BCUT2D eigenvalue weighted by atomic mass is 35.5. The molecule has 5 nitrogen and oxygen atoms in total. The fourth-order valence-electron chi connectivity index (χ4n) is 3.90. The van der Waals surface area contributed by atoms with Crippen molar-refractivity contribution in [2.24, 2.45) is 0 Å². The van der Waals surface area contributed by atoms with Crippen LogP contribution in [-0.4, -0.2) is 65.7 Å². The number of imidazole rings is 1. The zero-order valence-electron chi connectivity index (χ0n) is 14.6. The van der Waals surface area contributed by atoms with Crippen LogP contribution in [0.3, 0.4) is 0 Å². The van der Waals surface area contributed by atoms with Crippen molar-refractivity contribution in [2.45, 2.75) is 24.9 Å². The molecular formula is C19H25ClN4O. The van der Waals surface area contributed by atoms with Gasteiger partial charge in [-0.15, -0.1) is 0 Å². The maximum atomic E-state index is 5.99. The highest BCUT2D eigenvalue weighted by molar-refractivity contribution is 6.30. The van der Waals surface area contributed by atoms with E-state index in [9.17, 15) is 0 Å². The van der Waals surface area contributed by atoms with Crippen molar-refractivity contribution in [1.82, 2.24) is 19.8 Å². The first kappa shape index (κ1) is 17.0. The largest absolute Gasteiger partial charge is 0.378 e. The number of benzene rings is 1. The number of halogens is 1. The number of morpholine rings is 1. The standard InChI is InChI=1S/C19H25ClN4O/c1-23-8-6-16(7-9-23)24-10-11-25-13-18(24)19-21-12-17(22-19)14-2-4-15(20)5-3-14/h2-5,12,16,18H,6-11,13H2,1H3,(H,21,22). The highest BCUT2D eigenvalue weighted by Crippen LogP contribution is 2.30. The number of nitrogens with zero attached hydrogens (tertiary/aromatic N) is 3. The molecule has 134 valence electrons. The van der Waals surface area contributed by atoms with Gasteiger partial charge in [0.15, 0.2) is 0 Å². The Bertz CT molecular complexity index is 694. The number of hydrogen-bond acceptors (Lipinski definition) is 4. The molecule has 0 amide bonds. The monoisotopic (exact) mass is 360 g/mol. The second-order valence-electron chi connectivity index (χ2n) is 7.05. The lowest BCUT2D eigenvalue weighted by Gasteiger charge is -2.43. The van der Waals surface area contributed by atoms with Crippen molar-refractivity contribution < 1.29 is 4.74 Å². The van der Waals surface area contributed by atoms with Gasteiger partial charge in [0, 0.05) is 17.6 Å². The van der Waals surface area contributed by atoms with Gasteiger partial charge in [-0.05, 0) is 50.7 Å². The van der Waals surface area contributed by atoms with Crippen molar-refractivity contribution in [3.05, 3.63) is 41.3 Å². The number of rotatable bonds is 3. The van der Waals surface area contributed by atoms with E-state index in [-0.39, 0.29) is 6.04 Å². The minimum Gasteiger partial charge on any atom is -0.378 e. The zero-order chi connectivity index (χ0) is 17.2. The van der Waals surface area contributed by atoms with E-state index in [1.165, 1.54) is 25.9 Å². The van der Waals surface area contributed by atoms with Crippen molar-refractivity contribution in [2.75, 3.05) is 39.9 Å². The minimum atomic E-state index is 0.211. The van der Waals surface area contributed by atoms with Gasteiger partial charge in [0.05, 0.1) is 31.1 Å². The summed E-state index contributed by atoms with van der Waals surface area (Å²) in [6.45, 7) is 4.84. The van der Waals surface area contributed by atoms with E-state index in [1.54, 1.807) is 0 Å². The van der Waals surface area contributed by atoms with Gasteiger partial charge in [0.2, 0.25) is 0 Å². The lowest BCUT2D eigenvalue weighted by atomic mass is 10.0. The number of aromatic amines is 1. The molecule has 0 radical (unpaired) electrons. The molecule has 0 bridgehead atoms. The van der Waals surface area contributed by atoms with Crippen molar-refractivity contribution in [3.63, 3.8) is 0 Å². The fourth-order valence-corrected chi connectivity index (χ4v) is 4.02. The van der Waals surface area contributed by atoms with Crippen molar-refractivity contribution >= 4 is 11.6 Å². The number of H-pyrrole nitrogens is 1. The maximum Gasteiger partial charge on any atom is 0.126 e. The van der Waals surface area contributed by atoms with Crippen molar-refractivity contribution in [3.8, 4) is 11.3 Å². The molecule has 1 aromatic carbocycles. The summed E-state index contributed by atoms with van der Waals surface area (Å²) < 4.78 is 5.78. The summed E-state index contributed by atoms with van der Waals surface area (Å²) in [5.74, 6) is 1.00. The third-order valence-electron chi connectivity index (χ3n) is 5.39. The van der Waals surface area contributed by atoms with Gasteiger partial charge in [0.25, 0.3) is 0 Å². The Morgan fingerprint density at radius 3 is 2.68 bits per heavy atom. The molecule has 6 heteroatoms. The predicted octanol–water partition coefficient (Wildman–Crippen LogP) is 3.20. The van der Waals surface area contributed by atoms with E-state index in [4.69, 9.17) is 16.3 Å². The molecule has 0 saturated carbocycles. The molecule has 0 spiro atoms. The van der Waals surface area contributed by atoms with Crippen LogP contribution in [-0.2, 0) is 4.74 Å². The molecule has 1 atom stereocenters. The van der Waals surface area contributed by atoms with Crippen LogP contribution in [0.15, 0.2) is 30.5 Å². The van der Waals surface area contributed by atoms with Crippen LogP contribution in [0, 0.1) is 0 Å². The smallest absolute Gasteiger partial charge is 0.126 e. The molecule has 2 saturated heterocycles. The molecule has 2 fully saturated rings. The average molecular weight is 361 g/mol. The summed E-state index contributed by atoms with van der Waals surface area (Å²) in [7, 11) is 2.21. The second kappa shape index (κ2) is 7.46. The molecule has 2 aliphatic heterocycles. The van der Waals surface area contributed by atoms with Crippen LogP contribution in [0.4, 0.5) is 0 Å². The number of likely N-dealkylation sites (tertiary alicyclic amines) is 1. The molecule has 3 heterocycles. The van der Waals surface area contributed by atoms with Gasteiger partial charge in [-0.25, -0.2) is 4.98 Å². The molecule has 25 heavy (non-hydrogen) atoms. The lowest BCUT2D eigenvalue weighted by Crippen LogP contribution is -2.50. The summed E-state index contributed by atoms with van der Waals surface area (Å²) in [6.07, 6.45) is 4.36. The quantitative estimate of drug-likeness (QED) is 0.913. The lowest BCUT2D eigenvalue weighted by molar-refractivity contribution is -0.0441. The SMILES string of the molecule is CN1CCC(N2CCOCC2c2ncc(-c3ccc(Cl)cc3)[nH]2)CC1. The predicted molar refractivity (Wildman–Crippen MR) is 99.8 cm³/mol. The first-order valence-corrected chi connectivity index (χ1v) is 9.41. The van der Waals surface area contributed by atoms with Crippen LogP contribution in [0.1, 0.15) is 24.7 Å². The van der Waals surface area contributed by atoms with E-state index in [2.05, 4.69) is 26.8 Å². The molecule has 2 aliphatic rings. The summed E-state index contributed by atoms with van der Waals surface area (Å²) >= 11 is 5.99. The van der Waals surface area contributed by atoms with Gasteiger partial charge in [-0.3, -0.25) is 4.90 Å². The van der Waals surface area contributed by atoms with Crippen molar-refractivity contribution in [1.29, 1.82) is 0 Å². The maximum absolute atomic E-state index is 5.99. The molecule has 2 aromatic rings. The Labute approximate surface area is 153 Å². The summed E-state index contributed by atoms with van der Waals surface area (Å²) in [5, 5.41) is 0.748. The van der Waals surface area contributed by atoms with E-state index in [0.717, 1.165) is 35.3 Å². The summed E-state index contributed by atoms with van der Waals surface area (Å²) in [5.41, 5.74) is 2.13. The Morgan fingerprint density at radius 2 is 1.92 bits per heavy atom. The topological polar surface area (TPSA) is 44.4 Å². The van der Waals surface area contributed by atoms with Gasteiger partial charge < -0.3 is 14.6 Å². The van der Waals surface area contributed by atoms with E-state index >= 15 is 0 Å². The second-order valence-corrected chi connectivity index (χ2v) is 7.49. The van der Waals surface area contributed by atoms with E-state index in [1.807, 2.05) is 30.5 Å². The highest BCUT2D eigenvalue weighted by Gasteiger charge is 2.33. The Hall–Kier alpha value is -1.40.